The van der Waals surface area contributed by atoms with Crippen molar-refractivity contribution in [2.45, 2.75) is 6.10 Å². The van der Waals surface area contributed by atoms with E-state index in [0.717, 1.165) is 6.07 Å². The summed E-state index contributed by atoms with van der Waals surface area (Å²) in [6.07, 6.45) is -1.46. The van der Waals surface area contributed by atoms with Crippen LogP contribution in [-0.2, 0) is 9.53 Å². The average molecular weight is 365 g/mol. The van der Waals surface area contributed by atoms with Crippen LogP contribution in [0.2, 0.25) is 5.02 Å². The standard InChI is InChI=1S/C17H14ClFN2O4/c1-20-17(24)21-15(22)14(10-6-3-2-4-7-10)25-16(23)13-11(18)8-5-9-12(13)19/h2-9,14H,1H3,(H2,20,21,22,24)/t14-/m1/s1. The van der Waals surface area contributed by atoms with Crippen molar-refractivity contribution in [3.05, 3.63) is 70.5 Å². The van der Waals surface area contributed by atoms with E-state index in [0.29, 0.717) is 5.56 Å². The van der Waals surface area contributed by atoms with Crippen LogP contribution in [0.4, 0.5) is 9.18 Å². The van der Waals surface area contributed by atoms with Crippen molar-refractivity contribution in [2.75, 3.05) is 7.05 Å². The molecule has 2 rings (SSSR count). The lowest BCUT2D eigenvalue weighted by atomic mass is 10.1. The molecule has 0 radical (unpaired) electrons. The molecule has 6 nitrogen and oxygen atoms in total. The van der Waals surface area contributed by atoms with Gasteiger partial charge in [0.2, 0.25) is 6.10 Å². The van der Waals surface area contributed by atoms with E-state index in [4.69, 9.17) is 16.3 Å². The Morgan fingerprint density at radius 3 is 2.36 bits per heavy atom. The average Bonchev–Trinajstić information content (AvgIpc) is 2.60. The van der Waals surface area contributed by atoms with Crippen molar-refractivity contribution in [1.82, 2.24) is 10.6 Å². The molecule has 0 spiro atoms. The van der Waals surface area contributed by atoms with Gasteiger partial charge >= 0.3 is 12.0 Å². The number of carbonyl (C=O) groups excluding carboxylic acids is 3. The fourth-order valence-electron chi connectivity index (χ4n) is 2.00. The number of nitrogens with one attached hydrogen (secondary N) is 2. The summed E-state index contributed by atoms with van der Waals surface area (Å²) in [5.74, 6) is -2.88. The van der Waals surface area contributed by atoms with E-state index in [9.17, 15) is 18.8 Å². The minimum Gasteiger partial charge on any atom is -0.444 e. The lowest BCUT2D eigenvalue weighted by Crippen LogP contribution is -2.41. The molecule has 0 saturated carbocycles. The first-order chi connectivity index (χ1) is 11.9. The number of halogens is 2. The zero-order valence-corrected chi connectivity index (χ0v) is 13.8. The van der Waals surface area contributed by atoms with Crippen LogP contribution in [0.3, 0.4) is 0 Å². The summed E-state index contributed by atoms with van der Waals surface area (Å²) in [4.78, 5) is 35.9. The van der Waals surface area contributed by atoms with Crippen LogP contribution in [0.25, 0.3) is 0 Å². The molecular formula is C17H14ClFN2O4. The number of ether oxygens (including phenoxy) is 1. The molecule has 0 aliphatic rings. The van der Waals surface area contributed by atoms with Crippen LogP contribution >= 0.6 is 11.6 Å². The van der Waals surface area contributed by atoms with Crippen molar-refractivity contribution >= 4 is 29.5 Å². The monoisotopic (exact) mass is 364 g/mol. The highest BCUT2D eigenvalue weighted by Gasteiger charge is 2.28. The molecule has 0 aliphatic heterocycles. The fraction of sp³-hybridized carbons (Fsp3) is 0.118. The Hall–Kier alpha value is -2.93. The fourth-order valence-corrected chi connectivity index (χ4v) is 2.24. The first-order valence-electron chi connectivity index (χ1n) is 7.16. The van der Waals surface area contributed by atoms with E-state index in [1.165, 1.54) is 31.3 Å². The van der Waals surface area contributed by atoms with E-state index in [-0.39, 0.29) is 5.02 Å². The summed E-state index contributed by atoms with van der Waals surface area (Å²) in [5, 5.41) is 4.08. The molecule has 3 amide bonds. The van der Waals surface area contributed by atoms with Gasteiger partial charge in [-0.3, -0.25) is 10.1 Å². The normalized spacial score (nSPS) is 11.3. The van der Waals surface area contributed by atoms with Crippen molar-refractivity contribution in [3.63, 3.8) is 0 Å². The van der Waals surface area contributed by atoms with Crippen molar-refractivity contribution in [3.8, 4) is 0 Å². The molecule has 2 aromatic carbocycles. The van der Waals surface area contributed by atoms with Gasteiger partial charge in [-0.25, -0.2) is 14.0 Å². The third-order valence-electron chi connectivity index (χ3n) is 3.20. The Bertz CT molecular complexity index is 778. The maximum absolute atomic E-state index is 13.9. The minimum absolute atomic E-state index is 0.150. The molecule has 0 heterocycles. The zero-order chi connectivity index (χ0) is 18.4. The highest BCUT2D eigenvalue weighted by atomic mass is 35.5. The van der Waals surface area contributed by atoms with Crippen LogP contribution in [-0.4, -0.2) is 25.0 Å². The Kier molecular flexibility index (Phi) is 6.08. The summed E-state index contributed by atoms with van der Waals surface area (Å²) in [6.45, 7) is 0. The topological polar surface area (TPSA) is 84.5 Å². The van der Waals surface area contributed by atoms with Crippen LogP contribution in [0.1, 0.15) is 22.0 Å². The second-order valence-electron chi connectivity index (χ2n) is 4.86. The van der Waals surface area contributed by atoms with Gasteiger partial charge in [-0.2, -0.15) is 0 Å². The minimum atomic E-state index is -1.46. The molecule has 0 aromatic heterocycles. The summed E-state index contributed by atoms with van der Waals surface area (Å²) in [7, 11) is 1.32. The molecule has 0 aliphatic carbocycles. The molecule has 130 valence electrons. The molecule has 1 atom stereocenters. The number of benzene rings is 2. The van der Waals surface area contributed by atoms with Gasteiger partial charge in [-0.15, -0.1) is 0 Å². The van der Waals surface area contributed by atoms with Crippen molar-refractivity contribution in [1.29, 1.82) is 0 Å². The summed E-state index contributed by atoms with van der Waals surface area (Å²) < 4.78 is 19.0. The number of urea groups is 1. The third-order valence-corrected chi connectivity index (χ3v) is 3.51. The van der Waals surface area contributed by atoms with E-state index < -0.39 is 35.4 Å². The van der Waals surface area contributed by atoms with E-state index in [1.54, 1.807) is 18.2 Å². The van der Waals surface area contributed by atoms with E-state index in [2.05, 4.69) is 5.32 Å². The summed E-state index contributed by atoms with van der Waals surface area (Å²) in [6, 6.07) is 10.9. The van der Waals surface area contributed by atoms with Crippen LogP contribution < -0.4 is 10.6 Å². The summed E-state index contributed by atoms with van der Waals surface area (Å²) >= 11 is 5.83. The number of imide groups is 1. The second kappa shape index (κ2) is 8.25. The van der Waals surface area contributed by atoms with Crippen molar-refractivity contribution < 1.29 is 23.5 Å². The molecule has 0 saturated heterocycles. The van der Waals surface area contributed by atoms with Crippen LogP contribution in [0, 0.1) is 5.82 Å². The number of esters is 1. The second-order valence-corrected chi connectivity index (χ2v) is 5.27. The lowest BCUT2D eigenvalue weighted by Gasteiger charge is -2.18. The van der Waals surface area contributed by atoms with E-state index >= 15 is 0 Å². The summed E-state index contributed by atoms with van der Waals surface area (Å²) in [5.41, 5.74) is -0.178. The predicted octanol–water partition coefficient (Wildman–Crippen LogP) is 2.83. The molecular weight excluding hydrogens is 351 g/mol. The highest BCUT2D eigenvalue weighted by molar-refractivity contribution is 6.33. The smallest absolute Gasteiger partial charge is 0.343 e. The number of carbonyl (C=O) groups is 3. The number of hydrogen-bond acceptors (Lipinski definition) is 4. The predicted molar refractivity (Wildman–Crippen MR) is 88.6 cm³/mol. The number of hydrogen-bond donors (Lipinski definition) is 2. The van der Waals surface area contributed by atoms with Crippen LogP contribution in [0.15, 0.2) is 48.5 Å². The third kappa shape index (κ3) is 4.54. The lowest BCUT2D eigenvalue weighted by molar-refractivity contribution is -0.129. The Balaban J connectivity index is 2.31. The molecule has 0 bridgehead atoms. The first-order valence-corrected chi connectivity index (χ1v) is 7.54. The molecule has 2 N–H and O–H groups in total. The van der Waals surface area contributed by atoms with Gasteiger partial charge < -0.3 is 10.1 Å². The zero-order valence-electron chi connectivity index (χ0n) is 13.1. The molecule has 25 heavy (non-hydrogen) atoms. The van der Waals surface area contributed by atoms with Gasteiger partial charge in [0.25, 0.3) is 5.91 Å². The van der Waals surface area contributed by atoms with Gasteiger partial charge in [0.15, 0.2) is 0 Å². The molecule has 8 heteroatoms. The Labute approximate surface area is 147 Å². The van der Waals surface area contributed by atoms with Crippen molar-refractivity contribution in [2.24, 2.45) is 0 Å². The van der Waals surface area contributed by atoms with Gasteiger partial charge in [0.05, 0.1) is 5.02 Å². The quantitative estimate of drug-likeness (QED) is 0.817. The van der Waals surface area contributed by atoms with E-state index in [1.807, 2.05) is 5.32 Å². The molecule has 2 aromatic rings. The van der Waals surface area contributed by atoms with Gasteiger partial charge in [-0.1, -0.05) is 48.0 Å². The molecule has 0 unspecified atom stereocenters. The SMILES string of the molecule is CNC(=O)NC(=O)[C@H](OC(=O)c1c(F)cccc1Cl)c1ccccc1. The van der Waals surface area contributed by atoms with Gasteiger partial charge in [0.1, 0.15) is 11.4 Å². The van der Waals surface area contributed by atoms with Gasteiger partial charge in [-0.05, 0) is 12.1 Å². The molecule has 0 fully saturated rings. The Morgan fingerprint density at radius 1 is 1.08 bits per heavy atom. The van der Waals surface area contributed by atoms with Gasteiger partial charge in [0, 0.05) is 12.6 Å². The number of amides is 3. The Morgan fingerprint density at radius 2 is 1.76 bits per heavy atom. The maximum atomic E-state index is 13.9. The maximum Gasteiger partial charge on any atom is 0.343 e. The first kappa shape index (κ1) is 18.4. The van der Waals surface area contributed by atoms with Crippen LogP contribution in [0.5, 0.6) is 0 Å². The number of rotatable bonds is 4. The highest BCUT2D eigenvalue weighted by Crippen LogP contribution is 2.24. The largest absolute Gasteiger partial charge is 0.444 e.